The molecule has 3 nitrogen and oxygen atoms in total. The Morgan fingerprint density at radius 1 is 1.28 bits per heavy atom. The Balaban J connectivity index is 2.15. The molecule has 1 N–H and O–H groups in total. The zero-order valence-corrected chi connectivity index (χ0v) is 12.9. The number of piperazine rings is 1. The van der Waals surface area contributed by atoms with Gasteiger partial charge < -0.3 is 10.1 Å². The Kier molecular flexibility index (Phi) is 3.79. The fraction of sp³-hybridized carbons (Fsp3) is 1.00. The molecular weight excluding hydrogens is 224 g/mol. The van der Waals surface area contributed by atoms with Crippen molar-refractivity contribution in [3.05, 3.63) is 0 Å². The smallest absolute Gasteiger partial charge is 0.0728 e. The van der Waals surface area contributed by atoms with E-state index in [1.165, 1.54) is 0 Å². The molecule has 0 aromatic rings. The van der Waals surface area contributed by atoms with E-state index >= 15 is 0 Å². The second kappa shape index (κ2) is 4.77. The molecule has 0 aromatic carbocycles. The first kappa shape index (κ1) is 14.3. The number of nitrogens with one attached hydrogen (secondary N) is 1. The van der Waals surface area contributed by atoms with Gasteiger partial charge in [-0.3, -0.25) is 4.90 Å². The zero-order chi connectivity index (χ0) is 13.6. The number of hydrogen-bond acceptors (Lipinski definition) is 3. The van der Waals surface area contributed by atoms with Gasteiger partial charge in [-0.05, 0) is 32.6 Å². The van der Waals surface area contributed by atoms with Gasteiger partial charge in [0.2, 0.25) is 0 Å². The summed E-state index contributed by atoms with van der Waals surface area (Å²) >= 11 is 0. The van der Waals surface area contributed by atoms with Crippen molar-refractivity contribution >= 4 is 0 Å². The van der Waals surface area contributed by atoms with Crippen LogP contribution in [0.3, 0.4) is 0 Å². The minimum Gasteiger partial charge on any atom is -0.377 e. The Bertz CT molecular complexity index is 299. The van der Waals surface area contributed by atoms with Crippen LogP contribution >= 0.6 is 0 Å². The lowest BCUT2D eigenvalue weighted by atomic mass is 9.82. The zero-order valence-electron chi connectivity index (χ0n) is 12.9. The van der Waals surface area contributed by atoms with Crippen LogP contribution in [-0.2, 0) is 4.74 Å². The molecule has 2 heterocycles. The molecular formula is C15H30N2O. The summed E-state index contributed by atoms with van der Waals surface area (Å²) in [5.74, 6) is 0. The third kappa shape index (κ3) is 2.45. The highest BCUT2D eigenvalue weighted by atomic mass is 16.5. The molecule has 0 saturated carbocycles. The molecule has 106 valence electrons. The van der Waals surface area contributed by atoms with Gasteiger partial charge in [-0.15, -0.1) is 0 Å². The van der Waals surface area contributed by atoms with Crippen LogP contribution in [0.5, 0.6) is 0 Å². The molecule has 4 atom stereocenters. The minimum atomic E-state index is 0.213. The average Bonchev–Trinajstić information content (AvgIpc) is 2.59. The molecule has 0 radical (unpaired) electrons. The predicted octanol–water partition coefficient (Wildman–Crippen LogP) is 2.26. The van der Waals surface area contributed by atoms with E-state index in [9.17, 15) is 0 Å². The second-order valence-corrected chi connectivity index (χ2v) is 7.45. The molecule has 0 amide bonds. The topological polar surface area (TPSA) is 24.5 Å². The van der Waals surface area contributed by atoms with Crippen molar-refractivity contribution in [1.29, 1.82) is 0 Å². The summed E-state index contributed by atoms with van der Waals surface area (Å²) in [5, 5.41) is 3.71. The lowest BCUT2D eigenvalue weighted by Gasteiger charge is -2.51. The Hall–Kier alpha value is -0.120. The average molecular weight is 254 g/mol. The second-order valence-electron chi connectivity index (χ2n) is 7.45. The van der Waals surface area contributed by atoms with Gasteiger partial charge in [0, 0.05) is 37.3 Å². The molecule has 2 saturated heterocycles. The molecule has 0 bridgehead atoms. The van der Waals surface area contributed by atoms with Gasteiger partial charge in [-0.2, -0.15) is 0 Å². The minimum absolute atomic E-state index is 0.213. The van der Waals surface area contributed by atoms with Crippen molar-refractivity contribution in [1.82, 2.24) is 10.2 Å². The summed E-state index contributed by atoms with van der Waals surface area (Å²) in [6, 6.07) is 1.16. The molecule has 0 aliphatic carbocycles. The summed E-state index contributed by atoms with van der Waals surface area (Å²) < 4.78 is 5.83. The molecule has 3 heteroatoms. The van der Waals surface area contributed by atoms with E-state index in [1.807, 2.05) is 0 Å². The van der Waals surface area contributed by atoms with Gasteiger partial charge in [-0.25, -0.2) is 0 Å². The maximum atomic E-state index is 5.83. The fourth-order valence-corrected chi connectivity index (χ4v) is 3.36. The summed E-state index contributed by atoms with van der Waals surface area (Å²) in [6.45, 7) is 17.1. The largest absolute Gasteiger partial charge is 0.377 e. The maximum absolute atomic E-state index is 5.83. The van der Waals surface area contributed by atoms with Gasteiger partial charge in [0.05, 0.1) is 6.10 Å². The summed E-state index contributed by atoms with van der Waals surface area (Å²) in [6.07, 6.45) is 1.51. The normalized spacial score (nSPS) is 43.3. The monoisotopic (exact) mass is 254 g/mol. The van der Waals surface area contributed by atoms with E-state index in [0.717, 1.165) is 26.1 Å². The molecule has 2 aliphatic heterocycles. The highest BCUT2D eigenvalue weighted by Crippen LogP contribution is 2.36. The van der Waals surface area contributed by atoms with Crippen molar-refractivity contribution in [2.24, 2.45) is 5.41 Å². The molecule has 2 fully saturated rings. The highest BCUT2D eigenvalue weighted by molar-refractivity contribution is 5.02. The van der Waals surface area contributed by atoms with Crippen LogP contribution in [0.2, 0.25) is 0 Å². The molecule has 2 aliphatic rings. The van der Waals surface area contributed by atoms with E-state index in [-0.39, 0.29) is 5.54 Å². The molecule has 0 spiro atoms. The molecule has 2 rings (SSSR count). The number of ether oxygens (including phenoxy) is 1. The Morgan fingerprint density at radius 3 is 2.44 bits per heavy atom. The maximum Gasteiger partial charge on any atom is 0.0728 e. The Morgan fingerprint density at radius 2 is 1.94 bits per heavy atom. The van der Waals surface area contributed by atoms with Crippen LogP contribution < -0.4 is 5.32 Å². The van der Waals surface area contributed by atoms with Crippen molar-refractivity contribution in [2.45, 2.75) is 71.7 Å². The van der Waals surface area contributed by atoms with Gasteiger partial charge in [0.25, 0.3) is 0 Å². The Labute approximate surface area is 112 Å². The first-order chi connectivity index (χ1) is 8.25. The van der Waals surface area contributed by atoms with E-state index in [2.05, 4.69) is 51.8 Å². The van der Waals surface area contributed by atoms with E-state index in [1.54, 1.807) is 0 Å². The molecule has 0 aromatic heterocycles. The SMILES string of the molecule is CC1CNC(C(C)(C)C)CN1C1(C)CCOC1C. The van der Waals surface area contributed by atoms with Gasteiger partial charge in [0.15, 0.2) is 0 Å². The molecule has 18 heavy (non-hydrogen) atoms. The van der Waals surface area contributed by atoms with Crippen molar-refractivity contribution in [3.8, 4) is 0 Å². The lowest BCUT2D eigenvalue weighted by Crippen LogP contribution is -2.66. The van der Waals surface area contributed by atoms with Crippen molar-refractivity contribution in [3.63, 3.8) is 0 Å². The van der Waals surface area contributed by atoms with Gasteiger partial charge in [-0.1, -0.05) is 20.8 Å². The fourth-order valence-electron chi connectivity index (χ4n) is 3.36. The third-order valence-electron chi connectivity index (χ3n) is 5.12. The summed E-state index contributed by atoms with van der Waals surface area (Å²) in [7, 11) is 0. The highest BCUT2D eigenvalue weighted by Gasteiger charge is 2.47. The van der Waals surface area contributed by atoms with Gasteiger partial charge in [0.1, 0.15) is 0 Å². The van der Waals surface area contributed by atoms with Crippen molar-refractivity contribution < 1.29 is 4.74 Å². The molecule has 4 unspecified atom stereocenters. The standard InChI is InChI=1S/C15H30N2O/c1-11-9-16-13(14(3,4)5)10-17(11)15(6)7-8-18-12(15)2/h11-13,16H,7-10H2,1-6H3. The number of rotatable bonds is 1. The van der Waals surface area contributed by atoms with Crippen LogP contribution in [0.15, 0.2) is 0 Å². The van der Waals surface area contributed by atoms with E-state index < -0.39 is 0 Å². The first-order valence-electron chi connectivity index (χ1n) is 7.37. The van der Waals surface area contributed by atoms with Crippen molar-refractivity contribution in [2.75, 3.05) is 19.7 Å². The lowest BCUT2D eigenvalue weighted by molar-refractivity contribution is -0.0317. The third-order valence-corrected chi connectivity index (χ3v) is 5.12. The number of hydrogen-bond donors (Lipinski definition) is 1. The van der Waals surface area contributed by atoms with Crippen LogP contribution in [0.4, 0.5) is 0 Å². The predicted molar refractivity (Wildman–Crippen MR) is 75.8 cm³/mol. The summed E-state index contributed by atoms with van der Waals surface area (Å²) in [5.41, 5.74) is 0.530. The van der Waals surface area contributed by atoms with Crippen LogP contribution in [-0.4, -0.2) is 48.3 Å². The first-order valence-corrected chi connectivity index (χ1v) is 7.37. The van der Waals surface area contributed by atoms with Gasteiger partial charge >= 0.3 is 0 Å². The van der Waals surface area contributed by atoms with E-state index in [4.69, 9.17) is 4.74 Å². The van der Waals surface area contributed by atoms with Crippen LogP contribution in [0, 0.1) is 5.41 Å². The number of nitrogens with zero attached hydrogens (tertiary/aromatic N) is 1. The van der Waals surface area contributed by atoms with Crippen LogP contribution in [0.25, 0.3) is 0 Å². The summed E-state index contributed by atoms with van der Waals surface area (Å²) in [4.78, 5) is 2.69. The quantitative estimate of drug-likeness (QED) is 0.777. The van der Waals surface area contributed by atoms with Crippen LogP contribution in [0.1, 0.15) is 48.0 Å². The van der Waals surface area contributed by atoms with E-state index in [0.29, 0.717) is 23.6 Å².